The molecule has 2 heterocycles. The first-order chi connectivity index (χ1) is 10.6. The van der Waals surface area contributed by atoms with Crippen LogP contribution in [-0.4, -0.2) is 36.9 Å². The van der Waals surface area contributed by atoms with Gasteiger partial charge in [0.1, 0.15) is 5.58 Å². The summed E-state index contributed by atoms with van der Waals surface area (Å²) in [6.07, 6.45) is 0.598. The fourth-order valence-corrected chi connectivity index (χ4v) is 2.88. The van der Waals surface area contributed by atoms with E-state index in [0.29, 0.717) is 31.7 Å². The Morgan fingerprint density at radius 2 is 2.18 bits per heavy atom. The lowest BCUT2D eigenvalue weighted by Crippen LogP contribution is -2.32. The van der Waals surface area contributed by atoms with Crippen molar-refractivity contribution in [3.8, 4) is 0 Å². The van der Waals surface area contributed by atoms with Crippen LogP contribution in [0.25, 0.3) is 11.0 Å². The van der Waals surface area contributed by atoms with Gasteiger partial charge in [0, 0.05) is 31.1 Å². The lowest BCUT2D eigenvalue weighted by atomic mass is 10.1. The van der Waals surface area contributed by atoms with Crippen LogP contribution in [0.15, 0.2) is 28.7 Å². The molecule has 1 aromatic carbocycles. The number of carbonyl (C=O) groups excluding carboxylic acids is 2. The molecule has 0 spiro atoms. The zero-order valence-electron chi connectivity index (χ0n) is 12.4. The van der Waals surface area contributed by atoms with E-state index in [9.17, 15) is 9.59 Å². The maximum Gasteiger partial charge on any atom is 0.290 e. The molecule has 1 saturated heterocycles. The molecule has 2 aromatic rings. The number of nitrogens with two attached hydrogens (primary N) is 1. The smallest absolute Gasteiger partial charge is 0.290 e. The van der Waals surface area contributed by atoms with Gasteiger partial charge in [0.15, 0.2) is 5.76 Å². The Bertz CT molecular complexity index is 722. The summed E-state index contributed by atoms with van der Waals surface area (Å²) in [7, 11) is 1.58. The van der Waals surface area contributed by atoms with Gasteiger partial charge < -0.3 is 19.8 Å². The van der Waals surface area contributed by atoms with Crippen LogP contribution < -0.4 is 5.73 Å². The summed E-state index contributed by atoms with van der Waals surface area (Å²) in [6.45, 7) is 1.15. The molecule has 0 aliphatic carbocycles. The molecule has 0 unspecified atom stereocenters. The molecule has 22 heavy (non-hydrogen) atoms. The van der Waals surface area contributed by atoms with E-state index in [4.69, 9.17) is 14.9 Å². The number of nitrogens with zero attached hydrogens (tertiary/aromatic N) is 1. The Kier molecular flexibility index (Phi) is 3.85. The maximum absolute atomic E-state index is 12.7. The highest BCUT2D eigenvalue weighted by Crippen LogP contribution is 2.29. The average molecular weight is 302 g/mol. The number of carbonyl (C=O) groups is 2. The first kappa shape index (κ1) is 14.6. The molecule has 6 nitrogen and oxygen atoms in total. The van der Waals surface area contributed by atoms with Gasteiger partial charge in [-0.25, -0.2) is 0 Å². The number of furan rings is 1. The average Bonchev–Trinajstić information content (AvgIpc) is 3.12. The molecular weight excluding hydrogens is 284 g/mol. The van der Waals surface area contributed by atoms with Crippen LogP contribution in [0.5, 0.6) is 0 Å². The zero-order chi connectivity index (χ0) is 15.7. The van der Waals surface area contributed by atoms with E-state index in [1.165, 1.54) is 0 Å². The summed E-state index contributed by atoms with van der Waals surface area (Å²) in [6, 6.07) is 7.47. The number of hydrogen-bond acceptors (Lipinski definition) is 4. The van der Waals surface area contributed by atoms with E-state index in [0.717, 1.165) is 10.9 Å². The molecule has 1 fully saturated rings. The van der Waals surface area contributed by atoms with E-state index in [-0.39, 0.29) is 23.5 Å². The number of likely N-dealkylation sites (tertiary alicyclic amines) is 1. The molecule has 1 aliphatic rings. The van der Waals surface area contributed by atoms with Crippen molar-refractivity contribution in [2.24, 2.45) is 11.7 Å². The summed E-state index contributed by atoms with van der Waals surface area (Å²) in [5.41, 5.74) is 6.71. The second kappa shape index (κ2) is 5.81. The van der Waals surface area contributed by atoms with E-state index in [2.05, 4.69) is 0 Å². The molecule has 1 aliphatic heterocycles. The Labute approximate surface area is 127 Å². The van der Waals surface area contributed by atoms with Crippen LogP contribution in [0.1, 0.15) is 22.5 Å². The van der Waals surface area contributed by atoms with Gasteiger partial charge in [0.05, 0.1) is 12.5 Å². The minimum Gasteiger partial charge on any atom is -0.451 e. The largest absolute Gasteiger partial charge is 0.451 e. The predicted octanol–water partition coefficient (Wildman–Crippen LogP) is 1.53. The second-order valence-electron chi connectivity index (χ2n) is 5.48. The molecular formula is C16H18N2O4. The predicted molar refractivity (Wildman–Crippen MR) is 80.1 cm³/mol. The number of hydrogen-bond donors (Lipinski definition) is 1. The van der Waals surface area contributed by atoms with Crippen LogP contribution in [0, 0.1) is 5.92 Å². The van der Waals surface area contributed by atoms with Crippen molar-refractivity contribution in [2.45, 2.75) is 13.0 Å². The van der Waals surface area contributed by atoms with Gasteiger partial charge in [-0.15, -0.1) is 0 Å². The molecule has 6 heteroatoms. The van der Waals surface area contributed by atoms with Gasteiger partial charge in [-0.3, -0.25) is 9.59 Å². The third-order valence-corrected chi connectivity index (χ3v) is 4.06. The van der Waals surface area contributed by atoms with E-state index < -0.39 is 0 Å². The second-order valence-corrected chi connectivity index (χ2v) is 5.48. The summed E-state index contributed by atoms with van der Waals surface area (Å²) in [4.78, 5) is 25.6. The van der Waals surface area contributed by atoms with Gasteiger partial charge in [0.2, 0.25) is 5.91 Å². The fraction of sp³-hybridized carbons (Fsp3) is 0.375. The SMILES string of the molecule is COCc1c(C(=O)N2CC[C@H](C(N)=O)C2)oc2ccccc12. The quantitative estimate of drug-likeness (QED) is 0.928. The monoisotopic (exact) mass is 302 g/mol. The number of rotatable bonds is 4. The van der Waals surface area contributed by atoms with Gasteiger partial charge in [-0.2, -0.15) is 0 Å². The summed E-state index contributed by atoms with van der Waals surface area (Å²) in [5, 5.41) is 0.873. The number of methoxy groups -OCH3 is 1. The molecule has 0 radical (unpaired) electrons. The first-order valence-corrected chi connectivity index (χ1v) is 7.19. The number of benzene rings is 1. The summed E-state index contributed by atoms with van der Waals surface area (Å²) < 4.78 is 10.9. The van der Waals surface area contributed by atoms with Crippen LogP contribution >= 0.6 is 0 Å². The lowest BCUT2D eigenvalue weighted by Gasteiger charge is -2.15. The van der Waals surface area contributed by atoms with Crippen molar-refractivity contribution in [3.63, 3.8) is 0 Å². The third kappa shape index (κ3) is 2.46. The maximum atomic E-state index is 12.7. The highest BCUT2D eigenvalue weighted by atomic mass is 16.5. The van der Waals surface area contributed by atoms with E-state index in [1.807, 2.05) is 24.3 Å². The molecule has 0 bridgehead atoms. The molecule has 1 atom stereocenters. The van der Waals surface area contributed by atoms with Gasteiger partial charge in [0.25, 0.3) is 5.91 Å². The Hall–Kier alpha value is -2.34. The standard InChI is InChI=1S/C16H18N2O4/c1-21-9-12-11-4-2-3-5-13(11)22-14(12)16(20)18-7-6-10(8-18)15(17)19/h2-5,10H,6-9H2,1H3,(H2,17,19)/t10-/m0/s1. The Morgan fingerprint density at radius 3 is 2.86 bits per heavy atom. The minimum atomic E-state index is -0.364. The van der Waals surface area contributed by atoms with Crippen molar-refractivity contribution >= 4 is 22.8 Å². The van der Waals surface area contributed by atoms with E-state index >= 15 is 0 Å². The number of fused-ring (bicyclic) bond motifs is 1. The molecule has 0 saturated carbocycles. The number of para-hydroxylation sites is 1. The zero-order valence-corrected chi connectivity index (χ0v) is 12.4. The Balaban J connectivity index is 1.94. The van der Waals surface area contributed by atoms with Gasteiger partial charge in [-0.05, 0) is 12.5 Å². The van der Waals surface area contributed by atoms with Crippen molar-refractivity contribution in [3.05, 3.63) is 35.6 Å². The highest BCUT2D eigenvalue weighted by molar-refractivity contribution is 5.99. The van der Waals surface area contributed by atoms with Crippen LogP contribution in [-0.2, 0) is 16.1 Å². The molecule has 2 N–H and O–H groups in total. The molecule has 2 amide bonds. The van der Waals surface area contributed by atoms with Gasteiger partial charge >= 0.3 is 0 Å². The minimum absolute atomic E-state index is 0.216. The summed E-state index contributed by atoms with van der Waals surface area (Å²) in [5.74, 6) is -0.573. The third-order valence-electron chi connectivity index (χ3n) is 4.06. The van der Waals surface area contributed by atoms with Crippen LogP contribution in [0.2, 0.25) is 0 Å². The van der Waals surface area contributed by atoms with Crippen molar-refractivity contribution in [1.29, 1.82) is 0 Å². The topological polar surface area (TPSA) is 85.8 Å². The molecule has 116 valence electrons. The number of amides is 2. The number of primary amides is 1. The van der Waals surface area contributed by atoms with Gasteiger partial charge in [-0.1, -0.05) is 18.2 Å². The fourth-order valence-electron chi connectivity index (χ4n) is 2.88. The van der Waals surface area contributed by atoms with Crippen molar-refractivity contribution < 1.29 is 18.7 Å². The first-order valence-electron chi connectivity index (χ1n) is 7.19. The summed E-state index contributed by atoms with van der Waals surface area (Å²) >= 11 is 0. The lowest BCUT2D eigenvalue weighted by molar-refractivity contribution is -0.121. The molecule has 1 aromatic heterocycles. The van der Waals surface area contributed by atoms with E-state index in [1.54, 1.807) is 12.0 Å². The normalized spacial score (nSPS) is 18.0. The van der Waals surface area contributed by atoms with Crippen LogP contribution in [0.3, 0.4) is 0 Å². The Morgan fingerprint density at radius 1 is 1.41 bits per heavy atom. The number of ether oxygens (including phenoxy) is 1. The highest BCUT2D eigenvalue weighted by Gasteiger charge is 2.33. The van der Waals surface area contributed by atoms with Crippen molar-refractivity contribution in [1.82, 2.24) is 4.90 Å². The molecule has 3 rings (SSSR count). The van der Waals surface area contributed by atoms with Crippen molar-refractivity contribution in [2.75, 3.05) is 20.2 Å². The van der Waals surface area contributed by atoms with Crippen LogP contribution in [0.4, 0.5) is 0 Å².